The number of pyridine rings is 1. The molecule has 1 N–H and O–H groups in total. The third-order valence-electron chi connectivity index (χ3n) is 2.47. The van der Waals surface area contributed by atoms with Gasteiger partial charge < -0.3 is 9.84 Å². The highest BCUT2D eigenvalue weighted by molar-refractivity contribution is 5.90. The Morgan fingerprint density at radius 3 is 2.75 bits per heavy atom. The van der Waals surface area contributed by atoms with Crippen LogP contribution in [0.1, 0.15) is 16.1 Å². The Bertz CT molecular complexity index is 684. The van der Waals surface area contributed by atoms with Crippen LogP contribution in [0.4, 0.5) is 5.69 Å². The number of nitrogens with zero attached hydrogens (tertiary/aromatic N) is 2. The molecule has 0 aliphatic heterocycles. The molecular formula is C13H10N2O5. The van der Waals surface area contributed by atoms with Crippen molar-refractivity contribution >= 4 is 11.7 Å². The fraction of sp³-hybridized carbons (Fsp3) is 0.0769. The Morgan fingerprint density at radius 2 is 2.10 bits per heavy atom. The van der Waals surface area contributed by atoms with Crippen LogP contribution in [0.5, 0.6) is 11.6 Å². The number of nitro benzene ring substituents is 1. The lowest BCUT2D eigenvalue weighted by Crippen LogP contribution is -2.03. The highest BCUT2D eigenvalue weighted by Crippen LogP contribution is 2.26. The molecule has 0 unspecified atom stereocenters. The van der Waals surface area contributed by atoms with E-state index in [9.17, 15) is 14.9 Å². The van der Waals surface area contributed by atoms with Gasteiger partial charge in [0.25, 0.3) is 5.69 Å². The maximum Gasteiger partial charge on any atom is 0.341 e. The predicted octanol–water partition coefficient (Wildman–Crippen LogP) is 2.79. The van der Waals surface area contributed by atoms with E-state index in [0.29, 0.717) is 5.69 Å². The third-order valence-corrected chi connectivity index (χ3v) is 2.47. The van der Waals surface area contributed by atoms with Crippen LogP contribution < -0.4 is 4.74 Å². The van der Waals surface area contributed by atoms with Crippen molar-refractivity contribution in [2.45, 2.75) is 6.92 Å². The predicted molar refractivity (Wildman–Crippen MR) is 69.1 cm³/mol. The van der Waals surface area contributed by atoms with E-state index in [4.69, 9.17) is 9.84 Å². The monoisotopic (exact) mass is 274 g/mol. The Labute approximate surface area is 113 Å². The van der Waals surface area contributed by atoms with E-state index in [2.05, 4.69) is 4.98 Å². The van der Waals surface area contributed by atoms with Gasteiger partial charge in [0.15, 0.2) is 0 Å². The standard InChI is InChI=1S/C13H10N2O5/c1-8-5-6-11(13(16)17)12(14-8)20-10-4-2-3-9(7-10)15(18)19/h2-7H,1H3,(H,16,17). The fourth-order valence-corrected chi connectivity index (χ4v) is 1.55. The third kappa shape index (κ3) is 2.89. The summed E-state index contributed by atoms with van der Waals surface area (Å²) in [5.74, 6) is -1.13. The number of benzene rings is 1. The van der Waals surface area contributed by atoms with E-state index < -0.39 is 10.9 Å². The molecule has 102 valence electrons. The Kier molecular flexibility index (Phi) is 3.60. The van der Waals surface area contributed by atoms with E-state index >= 15 is 0 Å². The lowest BCUT2D eigenvalue weighted by Gasteiger charge is -2.08. The van der Waals surface area contributed by atoms with Crippen LogP contribution >= 0.6 is 0 Å². The van der Waals surface area contributed by atoms with Crippen LogP contribution in [0.15, 0.2) is 36.4 Å². The quantitative estimate of drug-likeness (QED) is 0.679. The van der Waals surface area contributed by atoms with Crippen LogP contribution in [0.2, 0.25) is 0 Å². The van der Waals surface area contributed by atoms with Gasteiger partial charge in [0.1, 0.15) is 11.3 Å². The number of rotatable bonds is 4. The number of aryl methyl sites for hydroxylation is 1. The molecule has 7 heteroatoms. The van der Waals surface area contributed by atoms with Gasteiger partial charge in [-0.1, -0.05) is 6.07 Å². The number of hydrogen-bond acceptors (Lipinski definition) is 5. The molecule has 0 bridgehead atoms. The van der Waals surface area contributed by atoms with Gasteiger partial charge in [-0.3, -0.25) is 10.1 Å². The molecule has 0 atom stereocenters. The Hall–Kier alpha value is -2.96. The van der Waals surface area contributed by atoms with Crippen molar-refractivity contribution in [2.75, 3.05) is 0 Å². The molecule has 0 fully saturated rings. The summed E-state index contributed by atoms with van der Waals surface area (Å²) in [5, 5.41) is 19.7. The molecule has 0 saturated heterocycles. The second-order valence-corrected chi connectivity index (χ2v) is 3.97. The van der Waals surface area contributed by atoms with Gasteiger partial charge in [0, 0.05) is 11.8 Å². The second-order valence-electron chi connectivity index (χ2n) is 3.97. The summed E-state index contributed by atoms with van der Waals surface area (Å²) in [6.45, 7) is 1.69. The molecule has 2 aromatic rings. The van der Waals surface area contributed by atoms with Gasteiger partial charge in [-0.25, -0.2) is 9.78 Å². The van der Waals surface area contributed by atoms with E-state index in [1.54, 1.807) is 13.0 Å². The molecule has 1 aromatic heterocycles. The average molecular weight is 274 g/mol. The summed E-state index contributed by atoms with van der Waals surface area (Å²) < 4.78 is 5.35. The van der Waals surface area contributed by atoms with Crippen molar-refractivity contribution in [1.82, 2.24) is 4.98 Å². The van der Waals surface area contributed by atoms with Gasteiger partial charge in [-0.2, -0.15) is 0 Å². The van der Waals surface area contributed by atoms with Gasteiger partial charge >= 0.3 is 5.97 Å². The van der Waals surface area contributed by atoms with Crippen LogP contribution in [0.3, 0.4) is 0 Å². The number of carbonyl (C=O) groups is 1. The van der Waals surface area contributed by atoms with Crippen molar-refractivity contribution in [1.29, 1.82) is 0 Å². The molecule has 7 nitrogen and oxygen atoms in total. The Balaban J connectivity index is 2.39. The van der Waals surface area contributed by atoms with Gasteiger partial charge in [0.05, 0.1) is 11.0 Å². The molecule has 0 radical (unpaired) electrons. The molecule has 2 rings (SSSR count). The largest absolute Gasteiger partial charge is 0.477 e. The maximum atomic E-state index is 11.1. The summed E-state index contributed by atoms with van der Waals surface area (Å²) >= 11 is 0. The van der Waals surface area contributed by atoms with Crippen LogP contribution in [0.25, 0.3) is 0 Å². The maximum absolute atomic E-state index is 11.1. The van der Waals surface area contributed by atoms with Gasteiger partial charge in [-0.05, 0) is 25.1 Å². The second kappa shape index (κ2) is 5.35. The van der Waals surface area contributed by atoms with E-state index in [0.717, 1.165) is 0 Å². The number of nitro groups is 1. The van der Waals surface area contributed by atoms with Crippen molar-refractivity contribution in [3.05, 3.63) is 57.8 Å². The number of non-ortho nitro benzene ring substituents is 1. The summed E-state index contributed by atoms with van der Waals surface area (Å²) in [4.78, 5) is 25.2. The van der Waals surface area contributed by atoms with E-state index in [1.165, 1.54) is 30.3 Å². The molecule has 0 spiro atoms. The molecule has 0 amide bonds. The molecular weight excluding hydrogens is 264 g/mol. The van der Waals surface area contributed by atoms with Crippen LogP contribution in [0, 0.1) is 17.0 Å². The number of ether oxygens (including phenoxy) is 1. The molecule has 0 aliphatic carbocycles. The summed E-state index contributed by atoms with van der Waals surface area (Å²) in [6.07, 6.45) is 0. The molecule has 20 heavy (non-hydrogen) atoms. The zero-order valence-corrected chi connectivity index (χ0v) is 10.4. The SMILES string of the molecule is Cc1ccc(C(=O)O)c(Oc2cccc([N+](=O)[O-])c2)n1. The minimum atomic E-state index is -1.18. The number of aromatic carboxylic acids is 1. The van der Waals surface area contributed by atoms with Crippen molar-refractivity contribution in [2.24, 2.45) is 0 Å². The highest BCUT2D eigenvalue weighted by Gasteiger charge is 2.15. The topological polar surface area (TPSA) is 103 Å². The lowest BCUT2D eigenvalue weighted by molar-refractivity contribution is -0.384. The average Bonchev–Trinajstić information content (AvgIpc) is 2.38. The van der Waals surface area contributed by atoms with Crippen LogP contribution in [-0.4, -0.2) is 21.0 Å². The van der Waals surface area contributed by atoms with Gasteiger partial charge in [0.2, 0.25) is 5.88 Å². The zero-order chi connectivity index (χ0) is 14.7. The highest BCUT2D eigenvalue weighted by atomic mass is 16.6. The van der Waals surface area contributed by atoms with Gasteiger partial charge in [-0.15, -0.1) is 0 Å². The van der Waals surface area contributed by atoms with Crippen molar-refractivity contribution in [3.8, 4) is 11.6 Å². The first-order valence-electron chi connectivity index (χ1n) is 5.60. The number of carboxylic acids is 1. The molecule has 0 aliphatic rings. The van der Waals surface area contributed by atoms with Crippen molar-refractivity contribution < 1.29 is 19.6 Å². The number of hydrogen-bond donors (Lipinski definition) is 1. The minimum Gasteiger partial charge on any atom is -0.477 e. The summed E-state index contributed by atoms with van der Waals surface area (Å²) in [7, 11) is 0. The first kappa shape index (κ1) is 13.5. The van der Waals surface area contributed by atoms with E-state index in [-0.39, 0.29) is 22.9 Å². The first-order chi connectivity index (χ1) is 9.47. The smallest absolute Gasteiger partial charge is 0.341 e. The first-order valence-corrected chi connectivity index (χ1v) is 5.60. The number of carboxylic acid groups (broad SMARTS) is 1. The lowest BCUT2D eigenvalue weighted by atomic mass is 10.2. The molecule has 1 aromatic carbocycles. The normalized spacial score (nSPS) is 10.1. The molecule has 0 saturated carbocycles. The molecule has 1 heterocycles. The zero-order valence-electron chi connectivity index (χ0n) is 10.4. The summed E-state index contributed by atoms with van der Waals surface area (Å²) in [5.41, 5.74) is 0.324. The van der Waals surface area contributed by atoms with Crippen molar-refractivity contribution in [3.63, 3.8) is 0 Å². The Morgan fingerprint density at radius 1 is 1.35 bits per heavy atom. The minimum absolute atomic E-state index is 0.0991. The van der Waals surface area contributed by atoms with E-state index in [1.807, 2.05) is 0 Å². The summed E-state index contributed by atoms with van der Waals surface area (Å²) in [6, 6.07) is 8.37. The van der Waals surface area contributed by atoms with Crippen LogP contribution in [-0.2, 0) is 0 Å². The fourth-order valence-electron chi connectivity index (χ4n) is 1.55. The number of aromatic nitrogens is 1.